The van der Waals surface area contributed by atoms with Crippen molar-refractivity contribution in [1.82, 2.24) is 0 Å². The first-order valence-electron chi connectivity index (χ1n) is 6.43. The minimum Gasteiger partial charge on any atom is -0.363 e. The Hall–Kier alpha value is -1.37. The summed E-state index contributed by atoms with van der Waals surface area (Å²) >= 11 is 0. The molecule has 0 saturated heterocycles. The Morgan fingerprint density at radius 2 is 1.39 bits per heavy atom. The Morgan fingerprint density at radius 1 is 0.870 bits per heavy atom. The lowest BCUT2D eigenvalue weighted by Crippen LogP contribution is -2.47. The molecule has 1 aromatic carbocycles. The molecular formula is C13H16NO7P2+. The first kappa shape index (κ1) is 18.0. The molecule has 2 aromatic rings. The summed E-state index contributed by atoms with van der Waals surface area (Å²) in [6.45, 7) is -0.956. The van der Waals surface area contributed by atoms with Crippen LogP contribution >= 0.6 is 15.2 Å². The van der Waals surface area contributed by atoms with Crippen LogP contribution in [0.5, 0.6) is 0 Å². The van der Waals surface area contributed by atoms with Crippen LogP contribution in [-0.2, 0) is 15.7 Å². The zero-order valence-electron chi connectivity index (χ0n) is 11.8. The molecule has 8 nitrogen and oxygen atoms in total. The van der Waals surface area contributed by atoms with Gasteiger partial charge in [-0.2, -0.15) is 0 Å². The van der Waals surface area contributed by atoms with Gasteiger partial charge in [0.25, 0.3) is 0 Å². The standard InChI is InChI=1S/C13H15NO7P2/c15-13(22(16,17)18,23(19,20)21)10-14-8-4-7-12(9-14)11-5-2-1-3-6-11/h1-9,15H,10H2,(H3-,16,17,18,19,20,21)/p+1. The molecule has 0 atom stereocenters. The molecule has 0 aliphatic heterocycles. The van der Waals surface area contributed by atoms with Gasteiger partial charge in [-0.3, -0.25) is 9.13 Å². The van der Waals surface area contributed by atoms with Crippen LogP contribution in [0.3, 0.4) is 0 Å². The van der Waals surface area contributed by atoms with Gasteiger partial charge in [0.1, 0.15) is 0 Å². The van der Waals surface area contributed by atoms with Crippen molar-refractivity contribution >= 4 is 15.2 Å². The minimum atomic E-state index is -5.49. The van der Waals surface area contributed by atoms with Crippen LogP contribution in [0.15, 0.2) is 54.9 Å². The van der Waals surface area contributed by atoms with E-state index >= 15 is 0 Å². The van der Waals surface area contributed by atoms with E-state index in [2.05, 4.69) is 0 Å². The van der Waals surface area contributed by atoms with Gasteiger partial charge in [0.15, 0.2) is 12.4 Å². The molecule has 124 valence electrons. The Balaban J connectivity index is 2.44. The predicted molar refractivity (Wildman–Crippen MR) is 81.1 cm³/mol. The highest BCUT2D eigenvalue weighted by molar-refractivity contribution is 7.72. The molecular weight excluding hydrogens is 344 g/mol. The lowest BCUT2D eigenvalue weighted by Gasteiger charge is -2.26. The van der Waals surface area contributed by atoms with Crippen molar-refractivity contribution in [2.24, 2.45) is 0 Å². The van der Waals surface area contributed by atoms with Gasteiger partial charge in [0.2, 0.25) is 6.54 Å². The summed E-state index contributed by atoms with van der Waals surface area (Å²) in [5.41, 5.74) is 1.46. The lowest BCUT2D eigenvalue weighted by molar-refractivity contribution is -0.703. The number of hydrogen-bond donors (Lipinski definition) is 5. The average molecular weight is 360 g/mol. The summed E-state index contributed by atoms with van der Waals surface area (Å²) in [6.07, 6.45) is 2.79. The number of nitrogens with zero attached hydrogens (tertiary/aromatic N) is 1. The molecule has 2 rings (SSSR count). The van der Waals surface area contributed by atoms with E-state index in [1.807, 2.05) is 6.07 Å². The largest absolute Gasteiger partial charge is 0.376 e. The second kappa shape index (κ2) is 6.26. The highest BCUT2D eigenvalue weighted by atomic mass is 31.2. The number of pyridine rings is 1. The predicted octanol–water partition coefficient (Wildman–Crippen LogP) is 0.643. The maximum atomic E-state index is 11.4. The number of aromatic nitrogens is 1. The van der Waals surface area contributed by atoms with Gasteiger partial charge in [0.05, 0.1) is 0 Å². The van der Waals surface area contributed by atoms with Crippen molar-refractivity contribution in [3.05, 3.63) is 54.9 Å². The van der Waals surface area contributed by atoms with Crippen LogP contribution in [-0.4, -0.2) is 29.8 Å². The Morgan fingerprint density at radius 3 is 1.91 bits per heavy atom. The van der Waals surface area contributed by atoms with E-state index in [1.165, 1.54) is 12.4 Å². The Labute approximate surface area is 132 Å². The minimum absolute atomic E-state index is 0.659. The molecule has 0 bridgehead atoms. The second-order valence-electron chi connectivity index (χ2n) is 4.99. The van der Waals surface area contributed by atoms with Crippen molar-refractivity contribution in [3.63, 3.8) is 0 Å². The average Bonchev–Trinajstić information content (AvgIpc) is 2.46. The van der Waals surface area contributed by atoms with E-state index in [0.29, 0.717) is 5.56 Å². The second-order valence-corrected chi connectivity index (χ2v) is 9.00. The van der Waals surface area contributed by atoms with Crippen LogP contribution in [0, 0.1) is 0 Å². The number of benzene rings is 1. The summed E-state index contributed by atoms with van der Waals surface area (Å²) in [5.74, 6) is 0. The third-order valence-electron chi connectivity index (χ3n) is 3.29. The molecule has 0 saturated carbocycles. The van der Waals surface area contributed by atoms with E-state index in [1.54, 1.807) is 36.4 Å². The summed E-state index contributed by atoms with van der Waals surface area (Å²) in [6, 6.07) is 12.3. The fourth-order valence-corrected chi connectivity index (χ4v) is 4.07. The quantitative estimate of drug-likeness (QED) is 0.389. The van der Waals surface area contributed by atoms with Crippen molar-refractivity contribution in [3.8, 4) is 11.1 Å². The molecule has 0 aliphatic carbocycles. The van der Waals surface area contributed by atoms with Gasteiger partial charge in [-0.1, -0.05) is 30.3 Å². The van der Waals surface area contributed by atoms with E-state index in [4.69, 9.17) is 0 Å². The fraction of sp³-hybridized carbons (Fsp3) is 0.154. The van der Waals surface area contributed by atoms with E-state index in [0.717, 1.165) is 10.1 Å². The Kier molecular flexibility index (Phi) is 4.89. The first-order valence-corrected chi connectivity index (χ1v) is 9.65. The van der Waals surface area contributed by atoms with E-state index in [-0.39, 0.29) is 0 Å². The SMILES string of the molecule is O=P(O)(O)C(O)(C[n+]1cccc(-c2ccccc2)c1)P(=O)(O)O. The number of rotatable bonds is 5. The highest BCUT2D eigenvalue weighted by Gasteiger charge is 2.62. The van der Waals surface area contributed by atoms with Crippen LogP contribution in [0.25, 0.3) is 11.1 Å². The molecule has 1 aromatic heterocycles. The summed E-state index contributed by atoms with van der Waals surface area (Å²) < 4.78 is 23.9. The van der Waals surface area contributed by atoms with E-state index in [9.17, 15) is 33.8 Å². The number of aliphatic hydroxyl groups is 1. The molecule has 0 aliphatic rings. The zero-order valence-corrected chi connectivity index (χ0v) is 13.6. The van der Waals surface area contributed by atoms with Gasteiger partial charge in [-0.15, -0.1) is 0 Å². The van der Waals surface area contributed by atoms with Crippen molar-refractivity contribution in [2.75, 3.05) is 0 Å². The molecule has 10 heteroatoms. The molecule has 23 heavy (non-hydrogen) atoms. The lowest BCUT2D eigenvalue weighted by atomic mass is 10.1. The van der Waals surface area contributed by atoms with Crippen LogP contribution < -0.4 is 4.57 Å². The molecule has 5 N–H and O–H groups in total. The third kappa shape index (κ3) is 3.76. The van der Waals surface area contributed by atoms with Crippen molar-refractivity contribution in [2.45, 2.75) is 11.6 Å². The smallest absolute Gasteiger partial charge is 0.363 e. The topological polar surface area (TPSA) is 139 Å². The van der Waals surface area contributed by atoms with Crippen LogP contribution in [0.1, 0.15) is 0 Å². The molecule has 0 amide bonds. The normalized spacial score (nSPS) is 13.1. The monoisotopic (exact) mass is 360 g/mol. The van der Waals surface area contributed by atoms with Gasteiger partial charge in [-0.25, -0.2) is 4.57 Å². The molecule has 0 spiro atoms. The fourth-order valence-electron chi connectivity index (χ4n) is 2.02. The van der Waals surface area contributed by atoms with Crippen LogP contribution in [0.2, 0.25) is 0 Å². The summed E-state index contributed by atoms with van der Waals surface area (Å²) in [7, 11) is -11.0. The maximum absolute atomic E-state index is 11.4. The van der Waals surface area contributed by atoms with Crippen LogP contribution in [0.4, 0.5) is 0 Å². The van der Waals surface area contributed by atoms with Gasteiger partial charge >= 0.3 is 20.3 Å². The zero-order chi connectivity index (χ0) is 17.3. The van der Waals surface area contributed by atoms with Crippen molar-refractivity contribution in [1.29, 1.82) is 0 Å². The van der Waals surface area contributed by atoms with Crippen molar-refractivity contribution < 1.29 is 38.4 Å². The number of hydrogen-bond acceptors (Lipinski definition) is 3. The maximum Gasteiger partial charge on any atom is 0.376 e. The Bertz CT molecular complexity index is 762. The van der Waals surface area contributed by atoms with Gasteiger partial charge in [0, 0.05) is 11.6 Å². The van der Waals surface area contributed by atoms with Gasteiger partial charge < -0.3 is 24.7 Å². The highest BCUT2D eigenvalue weighted by Crippen LogP contribution is 2.67. The third-order valence-corrected chi connectivity index (χ3v) is 7.01. The molecule has 0 fully saturated rings. The molecule has 0 unspecified atom stereocenters. The summed E-state index contributed by atoms with van der Waals surface area (Å²) in [4.78, 5) is 36.7. The molecule has 0 radical (unpaired) electrons. The first-order chi connectivity index (χ1) is 10.5. The van der Waals surface area contributed by atoms with E-state index < -0.39 is 26.8 Å². The van der Waals surface area contributed by atoms with Gasteiger partial charge in [-0.05, 0) is 11.6 Å². The summed E-state index contributed by atoms with van der Waals surface area (Å²) in [5, 5.41) is 6.47. The molecule has 1 heterocycles.